The number of anilines is 2. The van der Waals surface area contributed by atoms with E-state index in [1.54, 1.807) is 0 Å². The van der Waals surface area contributed by atoms with Crippen LogP contribution in [0.25, 0.3) is 16.6 Å². The van der Waals surface area contributed by atoms with E-state index in [1.807, 2.05) is 10.9 Å². The molecule has 10 nitrogen and oxygen atoms in total. The third-order valence-electron chi connectivity index (χ3n) is 7.01. The highest BCUT2D eigenvalue weighted by Crippen LogP contribution is 2.32. The highest BCUT2D eigenvalue weighted by atomic mass is 19.1. The Hall–Kier alpha value is -3.47. The van der Waals surface area contributed by atoms with Gasteiger partial charge in [-0.2, -0.15) is 9.61 Å². The lowest BCUT2D eigenvalue weighted by Gasteiger charge is -2.32. The fourth-order valence-electron chi connectivity index (χ4n) is 5.13. The Bertz CT molecular complexity index is 1360. The number of piperidine rings is 1. The molecule has 1 atom stereocenters. The van der Waals surface area contributed by atoms with Gasteiger partial charge in [-0.3, -0.25) is 4.68 Å². The van der Waals surface area contributed by atoms with E-state index in [0.717, 1.165) is 51.0 Å². The van der Waals surface area contributed by atoms with E-state index in [4.69, 9.17) is 15.5 Å². The molecule has 1 aliphatic carbocycles. The number of aromatic nitrogens is 6. The Morgan fingerprint density at radius 1 is 1.26 bits per heavy atom. The van der Waals surface area contributed by atoms with Gasteiger partial charge in [-0.05, 0) is 37.7 Å². The Kier molecular flexibility index (Phi) is 5.01. The van der Waals surface area contributed by atoms with Gasteiger partial charge in [-0.1, -0.05) is 0 Å². The molecule has 6 rings (SSSR count). The third kappa shape index (κ3) is 3.60. The van der Waals surface area contributed by atoms with Gasteiger partial charge >= 0.3 is 0 Å². The monoisotopic (exact) mass is 466 g/mol. The molecule has 4 aromatic rings. The van der Waals surface area contributed by atoms with E-state index in [2.05, 4.69) is 26.3 Å². The second-order valence-electron chi connectivity index (χ2n) is 9.38. The van der Waals surface area contributed by atoms with E-state index in [0.29, 0.717) is 28.3 Å². The number of ether oxygens (including phenoxy) is 1. The Balaban J connectivity index is 1.26. The molecule has 3 N–H and O–H groups in total. The maximum Gasteiger partial charge on any atom is 0.223 e. The van der Waals surface area contributed by atoms with Gasteiger partial charge in [0.2, 0.25) is 5.95 Å². The van der Waals surface area contributed by atoms with Crippen LogP contribution in [0.2, 0.25) is 0 Å². The fourth-order valence-corrected chi connectivity index (χ4v) is 5.13. The second-order valence-corrected chi connectivity index (χ2v) is 9.38. The molecule has 34 heavy (non-hydrogen) atoms. The minimum atomic E-state index is -0.481. The number of nitrogens with two attached hydrogens (primary N) is 1. The van der Waals surface area contributed by atoms with Crippen LogP contribution in [0, 0.1) is 11.7 Å². The second kappa shape index (κ2) is 8.08. The van der Waals surface area contributed by atoms with E-state index >= 15 is 0 Å². The summed E-state index contributed by atoms with van der Waals surface area (Å²) in [4.78, 5) is 11.5. The van der Waals surface area contributed by atoms with Gasteiger partial charge in [0.05, 0.1) is 30.6 Å². The average molecular weight is 467 g/mol. The number of rotatable bonds is 5. The van der Waals surface area contributed by atoms with Gasteiger partial charge in [-0.15, -0.1) is 5.10 Å². The van der Waals surface area contributed by atoms with Crippen molar-refractivity contribution in [1.29, 1.82) is 0 Å². The molecule has 11 heteroatoms. The van der Waals surface area contributed by atoms with E-state index in [1.165, 1.54) is 23.8 Å². The number of nitrogen functional groups attached to an aromatic ring is 1. The number of fused-ring (bicyclic) bond motifs is 3. The molecule has 178 valence electrons. The number of aliphatic hydroxyl groups is 1. The number of aliphatic hydroxyl groups excluding tert-OH is 1. The summed E-state index contributed by atoms with van der Waals surface area (Å²) < 4.78 is 22.9. The first-order valence-corrected chi connectivity index (χ1v) is 11.6. The maximum absolute atomic E-state index is 14.4. The fraction of sp³-hybridized carbons (Fsp3) is 0.478. The van der Waals surface area contributed by atoms with E-state index < -0.39 is 5.82 Å². The molecule has 1 aromatic carbocycles. The smallest absolute Gasteiger partial charge is 0.223 e. The van der Waals surface area contributed by atoms with Crippen LogP contribution in [-0.4, -0.2) is 60.8 Å². The minimum absolute atomic E-state index is 0.108. The third-order valence-corrected chi connectivity index (χ3v) is 7.01. The zero-order valence-electron chi connectivity index (χ0n) is 18.9. The first kappa shape index (κ1) is 21.1. The summed E-state index contributed by atoms with van der Waals surface area (Å²) in [5.74, 6) is 1.11. The summed E-state index contributed by atoms with van der Waals surface area (Å²) >= 11 is 0. The van der Waals surface area contributed by atoms with Crippen molar-refractivity contribution in [3.8, 4) is 5.75 Å². The largest absolute Gasteiger partial charge is 0.494 e. The predicted octanol–water partition coefficient (Wildman–Crippen LogP) is 2.36. The van der Waals surface area contributed by atoms with Crippen LogP contribution in [0.3, 0.4) is 0 Å². The van der Waals surface area contributed by atoms with Crippen LogP contribution in [-0.2, 0) is 6.54 Å². The summed E-state index contributed by atoms with van der Waals surface area (Å²) in [5.41, 5.74) is 8.24. The highest BCUT2D eigenvalue weighted by molar-refractivity contribution is 5.93. The van der Waals surface area contributed by atoms with Crippen LogP contribution < -0.4 is 15.4 Å². The molecule has 2 aliphatic rings. The maximum atomic E-state index is 14.4. The zero-order chi connectivity index (χ0) is 23.4. The molecular weight excluding hydrogens is 439 g/mol. The Morgan fingerprint density at radius 2 is 2.12 bits per heavy atom. The summed E-state index contributed by atoms with van der Waals surface area (Å²) in [7, 11) is 1.41. The molecule has 1 saturated carbocycles. The first-order valence-electron chi connectivity index (χ1n) is 11.6. The molecule has 4 heterocycles. The van der Waals surface area contributed by atoms with Crippen molar-refractivity contribution in [1.82, 2.24) is 29.4 Å². The summed E-state index contributed by atoms with van der Waals surface area (Å²) in [6, 6.07) is 2.90. The topological polar surface area (TPSA) is 120 Å². The van der Waals surface area contributed by atoms with Gasteiger partial charge in [0.25, 0.3) is 0 Å². The van der Waals surface area contributed by atoms with Crippen LogP contribution >= 0.6 is 0 Å². The lowest BCUT2D eigenvalue weighted by Crippen LogP contribution is -2.34. The van der Waals surface area contributed by atoms with Crippen LogP contribution in [0.4, 0.5) is 16.0 Å². The van der Waals surface area contributed by atoms with Crippen LogP contribution in [0.15, 0.2) is 24.5 Å². The van der Waals surface area contributed by atoms with Crippen molar-refractivity contribution >= 4 is 28.2 Å². The van der Waals surface area contributed by atoms with Crippen molar-refractivity contribution in [2.45, 2.75) is 44.2 Å². The molecule has 0 bridgehead atoms. The molecule has 3 aromatic heterocycles. The molecular formula is C23H27FN8O2. The quantitative estimate of drug-likeness (QED) is 0.460. The molecule has 0 radical (unpaired) electrons. The Morgan fingerprint density at radius 3 is 2.91 bits per heavy atom. The van der Waals surface area contributed by atoms with Crippen molar-refractivity contribution in [3.63, 3.8) is 0 Å². The van der Waals surface area contributed by atoms with E-state index in [9.17, 15) is 9.50 Å². The lowest BCUT2D eigenvalue weighted by molar-refractivity contribution is 0.0337. The van der Waals surface area contributed by atoms with Gasteiger partial charge in [0.1, 0.15) is 0 Å². The number of halogens is 1. The van der Waals surface area contributed by atoms with Gasteiger partial charge < -0.3 is 20.5 Å². The standard InChI is InChI=1S/C23H27FN8O2/c1-34-20-8-19-17(7-18(20)24)22-28-21(29-32(22)23(25)27-19)14-3-2-4-30(11-14)15-9-26-31(12-15)10-13-5-16(33)6-13/h7-9,12-14,16,33H,2-6,10-11H2,1H3,(H2,25,27)/t13?,14-,16?/m1/s1. The van der Waals surface area contributed by atoms with Crippen molar-refractivity contribution in [3.05, 3.63) is 36.2 Å². The van der Waals surface area contributed by atoms with Crippen LogP contribution in [0.1, 0.15) is 37.4 Å². The summed E-state index contributed by atoms with van der Waals surface area (Å²) in [5, 5.41) is 19.2. The number of methoxy groups -OCH3 is 1. The first-order chi connectivity index (χ1) is 16.5. The molecule has 1 aliphatic heterocycles. The average Bonchev–Trinajstić information content (AvgIpc) is 3.47. The summed E-state index contributed by atoms with van der Waals surface area (Å²) in [6.07, 6.45) is 7.49. The molecule has 0 spiro atoms. The number of benzene rings is 1. The van der Waals surface area contributed by atoms with Crippen molar-refractivity contribution < 1.29 is 14.2 Å². The molecule has 0 unspecified atom stereocenters. The van der Waals surface area contributed by atoms with Gasteiger partial charge in [-0.25, -0.2) is 14.4 Å². The molecule has 1 saturated heterocycles. The lowest BCUT2D eigenvalue weighted by atomic mass is 9.82. The van der Waals surface area contributed by atoms with E-state index in [-0.39, 0.29) is 23.7 Å². The normalized spacial score (nSPS) is 22.9. The molecule has 2 fully saturated rings. The highest BCUT2D eigenvalue weighted by Gasteiger charge is 2.29. The SMILES string of the molecule is COc1cc2nc(N)n3nc([C@@H]4CCCN(c5cnn(CC6CC(O)C6)c5)C4)nc3c2cc1F. The van der Waals surface area contributed by atoms with Gasteiger partial charge in [0.15, 0.2) is 23.0 Å². The minimum Gasteiger partial charge on any atom is -0.494 e. The van der Waals surface area contributed by atoms with Crippen molar-refractivity contribution in [2.75, 3.05) is 30.8 Å². The zero-order valence-corrected chi connectivity index (χ0v) is 18.9. The van der Waals surface area contributed by atoms with Crippen LogP contribution in [0.5, 0.6) is 5.75 Å². The number of hydrogen-bond donors (Lipinski definition) is 2. The molecule has 0 amide bonds. The number of hydrogen-bond acceptors (Lipinski definition) is 8. The number of nitrogens with zero attached hydrogens (tertiary/aromatic N) is 7. The van der Waals surface area contributed by atoms with Crippen molar-refractivity contribution in [2.24, 2.45) is 5.92 Å². The predicted molar refractivity (Wildman–Crippen MR) is 124 cm³/mol. The van der Waals surface area contributed by atoms with Gasteiger partial charge in [0, 0.05) is 43.2 Å². The summed E-state index contributed by atoms with van der Waals surface area (Å²) in [6.45, 7) is 2.54. The Labute approximate surface area is 195 Å².